The molecule has 2 rings (SSSR count). The number of nitrogens with zero attached hydrogens (tertiary/aromatic N) is 2. The van der Waals surface area contributed by atoms with E-state index in [2.05, 4.69) is 4.98 Å². The smallest absolute Gasteiger partial charge is 0.351 e. The van der Waals surface area contributed by atoms with E-state index >= 15 is 0 Å². The first-order valence-electron chi connectivity index (χ1n) is 6.42. The number of aliphatic hydroxyl groups excluding tert-OH is 2. The van der Waals surface area contributed by atoms with E-state index in [1.807, 2.05) is 13.8 Å². The maximum absolute atomic E-state index is 13.9. The Hall–Kier alpha value is -1.51. The van der Waals surface area contributed by atoms with Gasteiger partial charge in [-0.2, -0.15) is 4.98 Å². The number of halogens is 1. The van der Waals surface area contributed by atoms with Crippen molar-refractivity contribution >= 4 is 5.82 Å². The van der Waals surface area contributed by atoms with Gasteiger partial charge >= 0.3 is 5.69 Å². The van der Waals surface area contributed by atoms with Crippen LogP contribution in [0.15, 0.2) is 17.1 Å². The van der Waals surface area contributed by atoms with Crippen LogP contribution in [0.5, 0.6) is 0 Å². The Balaban J connectivity index is 0.000000956. The first-order chi connectivity index (χ1) is 9.41. The van der Waals surface area contributed by atoms with Crippen molar-refractivity contribution in [2.75, 3.05) is 5.73 Å². The number of hydrogen-bond acceptors (Lipinski definition) is 6. The van der Waals surface area contributed by atoms with E-state index in [0.717, 1.165) is 4.57 Å². The minimum Gasteiger partial charge on any atom is -0.391 e. The summed E-state index contributed by atoms with van der Waals surface area (Å²) in [6.45, 7) is 5.37. The maximum atomic E-state index is 13.9. The molecule has 2 unspecified atom stereocenters. The summed E-state index contributed by atoms with van der Waals surface area (Å²) >= 11 is 0. The quantitative estimate of drug-likeness (QED) is 0.697. The molecule has 1 aliphatic heterocycles. The van der Waals surface area contributed by atoms with Crippen LogP contribution in [0.2, 0.25) is 0 Å². The van der Waals surface area contributed by atoms with Gasteiger partial charge in [0.2, 0.25) is 0 Å². The number of alkyl halides is 1. The highest BCUT2D eigenvalue weighted by Gasteiger charge is 2.47. The first-order valence-corrected chi connectivity index (χ1v) is 6.42. The zero-order valence-electron chi connectivity index (χ0n) is 11.6. The molecular formula is C12H20FN3O4. The maximum Gasteiger partial charge on any atom is 0.351 e. The molecule has 5 atom stereocenters. The number of aliphatic hydroxyl groups is 2. The zero-order chi connectivity index (χ0) is 15.4. The summed E-state index contributed by atoms with van der Waals surface area (Å²) in [4.78, 5) is 15.0. The molecule has 7 nitrogen and oxygen atoms in total. The van der Waals surface area contributed by atoms with Gasteiger partial charge in [0.25, 0.3) is 0 Å². The fraction of sp³-hybridized carbons (Fsp3) is 0.667. The van der Waals surface area contributed by atoms with Crippen molar-refractivity contribution in [1.29, 1.82) is 0 Å². The summed E-state index contributed by atoms with van der Waals surface area (Å²) in [5, 5.41) is 18.9. The lowest BCUT2D eigenvalue weighted by atomic mass is 10.1. The monoisotopic (exact) mass is 289 g/mol. The molecule has 0 radical (unpaired) electrons. The van der Waals surface area contributed by atoms with Crippen molar-refractivity contribution in [2.24, 2.45) is 0 Å². The molecule has 1 fully saturated rings. The van der Waals surface area contributed by atoms with Crippen molar-refractivity contribution in [2.45, 2.75) is 51.5 Å². The van der Waals surface area contributed by atoms with Crippen LogP contribution in [0.3, 0.4) is 0 Å². The number of hydrogen-bond donors (Lipinski definition) is 3. The highest BCUT2D eigenvalue weighted by molar-refractivity contribution is 5.23. The number of ether oxygens (including phenoxy) is 1. The fourth-order valence-corrected chi connectivity index (χ4v) is 1.90. The Kier molecular flexibility index (Phi) is 5.61. The topological polar surface area (TPSA) is 111 Å². The molecule has 2 heterocycles. The Labute approximate surface area is 115 Å². The fourth-order valence-electron chi connectivity index (χ4n) is 1.90. The minimum absolute atomic E-state index is 0.0114. The van der Waals surface area contributed by atoms with E-state index in [4.69, 9.17) is 10.5 Å². The molecule has 0 amide bonds. The molecule has 8 heteroatoms. The van der Waals surface area contributed by atoms with Crippen LogP contribution in [0.1, 0.15) is 27.0 Å². The van der Waals surface area contributed by atoms with Crippen molar-refractivity contribution in [3.05, 3.63) is 22.7 Å². The Morgan fingerprint density at radius 3 is 2.60 bits per heavy atom. The molecule has 0 aliphatic carbocycles. The zero-order valence-corrected chi connectivity index (χ0v) is 11.6. The molecule has 20 heavy (non-hydrogen) atoms. The minimum atomic E-state index is -1.83. The summed E-state index contributed by atoms with van der Waals surface area (Å²) in [7, 11) is 0. The average Bonchev–Trinajstić information content (AvgIpc) is 2.69. The van der Waals surface area contributed by atoms with Gasteiger partial charge in [-0.25, -0.2) is 9.18 Å². The van der Waals surface area contributed by atoms with Gasteiger partial charge in [0.1, 0.15) is 18.0 Å². The number of nitrogen functional groups attached to an aromatic ring is 1. The van der Waals surface area contributed by atoms with Crippen LogP contribution in [-0.2, 0) is 4.74 Å². The lowest BCUT2D eigenvalue weighted by Crippen LogP contribution is -2.36. The number of aromatic nitrogens is 2. The molecule has 4 N–H and O–H groups in total. The van der Waals surface area contributed by atoms with E-state index < -0.39 is 36.4 Å². The molecule has 0 bridgehead atoms. The molecular weight excluding hydrogens is 269 g/mol. The Morgan fingerprint density at radius 2 is 2.15 bits per heavy atom. The van der Waals surface area contributed by atoms with Gasteiger partial charge in [-0.15, -0.1) is 0 Å². The molecule has 0 aromatic carbocycles. The number of anilines is 1. The van der Waals surface area contributed by atoms with E-state index in [-0.39, 0.29) is 5.82 Å². The summed E-state index contributed by atoms with van der Waals surface area (Å²) < 4.78 is 19.9. The second kappa shape index (κ2) is 6.78. The molecule has 1 saturated heterocycles. The molecule has 1 aromatic heterocycles. The normalized spacial score (nSPS) is 30.5. The van der Waals surface area contributed by atoms with E-state index in [1.165, 1.54) is 19.2 Å². The summed E-state index contributed by atoms with van der Waals surface area (Å²) in [6.07, 6.45) is -5.55. The summed E-state index contributed by atoms with van der Waals surface area (Å²) in [5.41, 5.74) is 4.54. The Bertz CT molecular complexity index is 494. The highest BCUT2D eigenvalue weighted by atomic mass is 19.1. The highest BCUT2D eigenvalue weighted by Crippen LogP contribution is 2.32. The van der Waals surface area contributed by atoms with Gasteiger partial charge in [0.15, 0.2) is 12.4 Å². The number of nitrogens with two attached hydrogens (primary N) is 1. The lowest BCUT2D eigenvalue weighted by Gasteiger charge is -2.17. The van der Waals surface area contributed by atoms with Crippen molar-refractivity contribution in [1.82, 2.24) is 9.55 Å². The molecule has 1 aliphatic rings. The van der Waals surface area contributed by atoms with Crippen molar-refractivity contribution in [3.8, 4) is 0 Å². The third-order valence-electron chi connectivity index (χ3n) is 2.83. The van der Waals surface area contributed by atoms with Gasteiger partial charge in [-0.3, -0.25) is 4.57 Å². The van der Waals surface area contributed by atoms with Crippen LogP contribution in [0.4, 0.5) is 10.2 Å². The third-order valence-corrected chi connectivity index (χ3v) is 2.83. The predicted molar refractivity (Wildman–Crippen MR) is 70.8 cm³/mol. The average molecular weight is 289 g/mol. The van der Waals surface area contributed by atoms with E-state index in [0.29, 0.717) is 0 Å². The largest absolute Gasteiger partial charge is 0.391 e. The Morgan fingerprint density at radius 1 is 1.55 bits per heavy atom. The van der Waals surface area contributed by atoms with E-state index in [1.54, 1.807) is 0 Å². The molecule has 0 saturated carbocycles. The third kappa shape index (κ3) is 3.14. The van der Waals surface area contributed by atoms with Gasteiger partial charge in [-0.05, 0) is 13.0 Å². The van der Waals surface area contributed by atoms with Gasteiger partial charge in [0, 0.05) is 6.20 Å². The number of rotatable bonds is 2. The SMILES string of the molecule is CC.CC(O)C1O[C@@H](n2ccc(N)nc2=O)[C@@H](F)[C@@H]1O. The van der Waals surface area contributed by atoms with Gasteiger partial charge < -0.3 is 20.7 Å². The van der Waals surface area contributed by atoms with Crippen LogP contribution in [0, 0.1) is 0 Å². The molecule has 0 spiro atoms. The van der Waals surface area contributed by atoms with Crippen molar-refractivity contribution in [3.63, 3.8) is 0 Å². The first kappa shape index (κ1) is 16.5. The van der Waals surface area contributed by atoms with E-state index in [9.17, 15) is 19.4 Å². The summed E-state index contributed by atoms with van der Waals surface area (Å²) in [5.74, 6) is 0.0114. The van der Waals surface area contributed by atoms with Crippen LogP contribution in [-0.4, -0.2) is 44.2 Å². The van der Waals surface area contributed by atoms with Gasteiger partial charge in [0.05, 0.1) is 6.10 Å². The molecule has 1 aromatic rings. The lowest BCUT2D eigenvalue weighted by molar-refractivity contribution is -0.0783. The van der Waals surface area contributed by atoms with Crippen molar-refractivity contribution < 1.29 is 19.3 Å². The summed E-state index contributed by atoms with van der Waals surface area (Å²) in [6, 6.07) is 1.32. The predicted octanol–water partition coefficient (Wildman–Crippen LogP) is -0.171. The molecule has 114 valence electrons. The van der Waals surface area contributed by atoms with Crippen LogP contribution in [0.25, 0.3) is 0 Å². The van der Waals surface area contributed by atoms with Gasteiger partial charge in [-0.1, -0.05) is 13.8 Å². The van der Waals surface area contributed by atoms with Crippen LogP contribution >= 0.6 is 0 Å². The second-order valence-electron chi connectivity index (χ2n) is 4.21. The second-order valence-corrected chi connectivity index (χ2v) is 4.21. The van der Waals surface area contributed by atoms with Crippen LogP contribution < -0.4 is 11.4 Å². The standard InChI is InChI=1S/C10H14FN3O4.C2H6/c1-4(15)8-7(16)6(11)9(18-8)14-3-2-5(12)13-10(14)17;1-2/h2-4,6-9,15-16H,1H3,(H2,12,13,17);1-2H3/t4?,6-,7-,8?,9+;/m0./s1.